The van der Waals surface area contributed by atoms with Crippen molar-refractivity contribution < 1.29 is 16.5 Å². The van der Waals surface area contributed by atoms with Crippen LogP contribution in [0.2, 0.25) is 0 Å². The van der Waals surface area contributed by atoms with Crippen LogP contribution in [0.25, 0.3) is 33.6 Å². The minimum absolute atomic E-state index is 0. The van der Waals surface area contributed by atoms with E-state index in [0.717, 1.165) is 56.7 Å². The quantitative estimate of drug-likeness (QED) is 0.254. The van der Waals surface area contributed by atoms with Crippen molar-refractivity contribution in [2.24, 2.45) is 20.0 Å². The van der Waals surface area contributed by atoms with Crippen molar-refractivity contribution in [1.82, 2.24) is 9.97 Å². The Morgan fingerprint density at radius 2 is 1.39 bits per heavy atom. The number of rotatable bonds is 0. The Morgan fingerprint density at radius 3 is 2.27 bits per heavy atom. The fourth-order valence-corrected chi connectivity index (χ4v) is 5.67. The first-order chi connectivity index (χ1) is 19.8. The van der Waals surface area contributed by atoms with Crippen LogP contribution in [0.4, 0.5) is 17.5 Å². The normalized spacial score (nSPS) is 17.5. The number of allylic oxidation sites excluding steroid dienone is 4. The molecule has 8 bridgehead atoms. The third-order valence-corrected chi connectivity index (χ3v) is 7.54. The first-order valence-electron chi connectivity index (χ1n) is 13.2. The van der Waals surface area contributed by atoms with Gasteiger partial charge in [0.1, 0.15) is 0 Å². The number of nitrogens with zero attached hydrogens (tertiary/aromatic N) is 8. The predicted octanol–water partition coefficient (Wildman–Crippen LogP) is 5.64. The van der Waals surface area contributed by atoms with Gasteiger partial charge >= 0.3 is 0 Å². The summed E-state index contributed by atoms with van der Waals surface area (Å²) in [5.74, 6) is 4.02. The van der Waals surface area contributed by atoms with E-state index >= 15 is 0 Å². The maximum Gasteiger partial charge on any atom is 0.161 e. The molecule has 9 rings (SSSR count). The predicted molar refractivity (Wildman–Crippen MR) is 157 cm³/mol. The minimum Gasteiger partial charge on any atom is -0.695 e. The Hall–Kier alpha value is -5.01. The van der Waals surface area contributed by atoms with Crippen LogP contribution in [0.15, 0.2) is 110 Å². The number of hydrogen-bond acceptors (Lipinski definition) is 4. The zero-order chi connectivity index (χ0) is 26.2. The fraction of sp³-hybridized carbons (Fsp3) is 0.0625. The van der Waals surface area contributed by atoms with Gasteiger partial charge in [0, 0.05) is 33.5 Å². The molecule has 0 atom stereocenters. The van der Waals surface area contributed by atoms with Gasteiger partial charge in [0.25, 0.3) is 0 Å². The summed E-state index contributed by atoms with van der Waals surface area (Å²) in [6.07, 6.45) is 14.2. The number of aliphatic imine (C=N–C) groups is 3. The van der Waals surface area contributed by atoms with Crippen LogP contribution >= 0.6 is 0 Å². The molecule has 3 aliphatic heterocycles. The van der Waals surface area contributed by atoms with E-state index in [0.29, 0.717) is 46.3 Å². The summed E-state index contributed by atoms with van der Waals surface area (Å²) in [5, 5.41) is 12.7. The molecule has 0 unspecified atom stereocenters. The van der Waals surface area contributed by atoms with Crippen LogP contribution in [0, 0.1) is 0 Å². The van der Waals surface area contributed by atoms with Crippen molar-refractivity contribution >= 4 is 57.9 Å². The van der Waals surface area contributed by atoms with Gasteiger partial charge in [0.2, 0.25) is 0 Å². The van der Waals surface area contributed by atoms with Crippen LogP contribution in [-0.2, 0) is 16.5 Å². The third-order valence-electron chi connectivity index (χ3n) is 7.54. The molecule has 9 heteroatoms. The molecule has 5 heterocycles. The summed E-state index contributed by atoms with van der Waals surface area (Å²) < 4.78 is 0. The molecular formula is C32H18N8Ni-4. The molecule has 0 saturated carbocycles. The van der Waals surface area contributed by atoms with Crippen LogP contribution in [0.5, 0.6) is 0 Å². The Labute approximate surface area is 244 Å². The Morgan fingerprint density at radius 1 is 0.634 bits per heavy atom. The van der Waals surface area contributed by atoms with Crippen LogP contribution in [0.1, 0.15) is 29.5 Å². The summed E-state index contributed by atoms with van der Waals surface area (Å²) in [6, 6.07) is 16.0. The summed E-state index contributed by atoms with van der Waals surface area (Å²) >= 11 is 0. The maximum absolute atomic E-state index is 4.98. The number of aromatic nitrogens is 2. The first kappa shape index (κ1) is 23.8. The molecule has 41 heavy (non-hydrogen) atoms. The summed E-state index contributed by atoms with van der Waals surface area (Å²) in [6.45, 7) is 0. The number of fused-ring (bicyclic) bond motifs is 17. The Bertz CT molecular complexity index is 2160. The Kier molecular flexibility index (Phi) is 5.24. The van der Waals surface area contributed by atoms with Gasteiger partial charge in [-0.15, -0.1) is 5.84 Å². The number of hydrogen-bond donors (Lipinski definition) is 0. The fourth-order valence-electron chi connectivity index (χ4n) is 5.67. The van der Waals surface area contributed by atoms with Crippen molar-refractivity contribution in [1.29, 1.82) is 0 Å². The van der Waals surface area contributed by atoms with E-state index in [2.05, 4.69) is 36.5 Å². The van der Waals surface area contributed by atoms with Crippen LogP contribution in [-0.4, -0.2) is 17.5 Å². The standard InChI is InChI=1S/C32H18N8.Ni/c1-2-10-18-17(9-1)25-33-26(18)38-28-21-13-5-6-14-22(21)30(35-28)40-32-24-16-8-7-15-23(24)31(36-32)39-29-20-12-4-3-11-19(20)27(34-29)37-25;/h1-5,8-16H,6-7H2;/q-4;. The monoisotopic (exact) mass is 572 g/mol. The molecule has 0 spiro atoms. The van der Waals surface area contributed by atoms with E-state index in [1.54, 1.807) is 0 Å². The van der Waals surface area contributed by atoms with Crippen molar-refractivity contribution in [2.75, 3.05) is 0 Å². The minimum atomic E-state index is 0. The molecule has 0 saturated heterocycles. The smallest absolute Gasteiger partial charge is 0.161 e. The molecule has 2 aliphatic carbocycles. The topological polar surface area (TPSA) is 106 Å². The second kappa shape index (κ2) is 9.01. The van der Waals surface area contributed by atoms with E-state index in [4.69, 9.17) is 40.6 Å². The van der Waals surface area contributed by atoms with Gasteiger partial charge in [0.05, 0.1) is 0 Å². The zero-order valence-electron chi connectivity index (χ0n) is 21.4. The van der Waals surface area contributed by atoms with Gasteiger partial charge in [-0.2, -0.15) is 5.82 Å². The van der Waals surface area contributed by atoms with E-state index in [1.165, 1.54) is 0 Å². The Balaban J connectivity index is 0.00000256. The second-order valence-electron chi connectivity index (χ2n) is 9.91. The van der Waals surface area contributed by atoms with Gasteiger partial charge in [-0.3, -0.25) is 10.8 Å². The molecule has 8 nitrogen and oxygen atoms in total. The van der Waals surface area contributed by atoms with Crippen LogP contribution in [0.3, 0.4) is 0 Å². The van der Waals surface area contributed by atoms with Crippen molar-refractivity contribution in [2.45, 2.75) is 12.8 Å². The molecule has 0 N–H and O–H groups in total. The van der Waals surface area contributed by atoms with E-state index in [-0.39, 0.29) is 16.5 Å². The van der Waals surface area contributed by atoms with Gasteiger partial charge in [-0.1, -0.05) is 95.9 Å². The molecule has 200 valence electrons. The zero-order valence-corrected chi connectivity index (χ0v) is 22.4. The van der Waals surface area contributed by atoms with Gasteiger partial charge in [0.15, 0.2) is 11.7 Å². The molecule has 0 radical (unpaired) electrons. The average Bonchev–Trinajstić information content (AvgIpc) is 3.73. The van der Waals surface area contributed by atoms with Gasteiger partial charge in [-0.25, -0.2) is 15.8 Å². The molecule has 2 aromatic heterocycles. The summed E-state index contributed by atoms with van der Waals surface area (Å²) in [5.41, 5.74) is 5.23. The molecule has 0 amide bonds. The first-order valence-corrected chi connectivity index (χ1v) is 13.2. The van der Waals surface area contributed by atoms with Crippen molar-refractivity contribution in [3.63, 3.8) is 0 Å². The second-order valence-corrected chi connectivity index (χ2v) is 9.91. The maximum atomic E-state index is 4.98. The molecule has 5 aliphatic rings. The van der Waals surface area contributed by atoms with E-state index in [9.17, 15) is 0 Å². The molecule has 2 aromatic carbocycles. The molecule has 4 aromatic rings. The molecular weight excluding hydrogens is 555 g/mol. The van der Waals surface area contributed by atoms with Gasteiger partial charge in [-0.05, 0) is 40.1 Å². The average molecular weight is 573 g/mol. The SMILES string of the molecule is C1=CC2=C3N=C(N=C4N=C([N-]c5[n-]c(c6ccccc56)[N-]c5[n-]c(c6c5C=CCC=6)=N3)c3ccccc34)C2=CC1.[Ni]. The van der Waals surface area contributed by atoms with Crippen molar-refractivity contribution in [3.05, 3.63) is 128 Å². The molecule has 0 fully saturated rings. The van der Waals surface area contributed by atoms with Crippen molar-refractivity contribution in [3.8, 4) is 0 Å². The largest absolute Gasteiger partial charge is 0.695 e. The van der Waals surface area contributed by atoms with E-state index in [1.807, 2.05) is 48.5 Å². The third kappa shape index (κ3) is 3.59. The van der Waals surface area contributed by atoms with E-state index < -0.39 is 0 Å². The number of benzene rings is 2. The summed E-state index contributed by atoms with van der Waals surface area (Å²) in [7, 11) is 0. The number of amidine groups is 3. The van der Waals surface area contributed by atoms with Gasteiger partial charge < -0.3 is 25.6 Å². The summed E-state index contributed by atoms with van der Waals surface area (Å²) in [4.78, 5) is 29.5. The van der Waals surface area contributed by atoms with Crippen LogP contribution < -0.4 is 20.7 Å².